The van der Waals surface area contributed by atoms with Crippen LogP contribution in [-0.2, 0) is 22.4 Å². The van der Waals surface area contributed by atoms with Gasteiger partial charge in [-0.3, -0.25) is 4.79 Å². The first-order chi connectivity index (χ1) is 13.9. The van der Waals surface area contributed by atoms with Gasteiger partial charge in [0.2, 0.25) is 0 Å². The number of hydrogen-bond donors (Lipinski definition) is 0. The minimum absolute atomic E-state index is 0.359. The lowest BCUT2D eigenvalue weighted by molar-refractivity contribution is -0.146. The number of esters is 1. The summed E-state index contributed by atoms with van der Waals surface area (Å²) >= 11 is 0. The van der Waals surface area contributed by atoms with E-state index in [1.807, 2.05) is 18.2 Å². The molecule has 0 aromatic heterocycles. The third-order valence-electron chi connectivity index (χ3n) is 4.49. The monoisotopic (exact) mass is 404 g/mol. The Morgan fingerprint density at radius 1 is 0.759 bits per heavy atom. The zero-order valence-electron chi connectivity index (χ0n) is 17.7. The molecular weight excluding hydrogens is 376 g/mol. The predicted octanol–water partition coefficient (Wildman–Crippen LogP) is 3.45. The third kappa shape index (κ3) is 5.70. The molecule has 0 heterocycles. The van der Waals surface area contributed by atoms with Crippen LogP contribution in [0.5, 0.6) is 28.7 Å². The molecule has 7 heteroatoms. The van der Waals surface area contributed by atoms with E-state index >= 15 is 0 Å². The molecule has 0 fully saturated rings. The van der Waals surface area contributed by atoms with Crippen LogP contribution >= 0.6 is 0 Å². The third-order valence-corrected chi connectivity index (χ3v) is 4.49. The van der Waals surface area contributed by atoms with E-state index in [1.54, 1.807) is 47.7 Å². The van der Waals surface area contributed by atoms with Crippen LogP contribution in [-0.4, -0.2) is 47.6 Å². The first kappa shape index (κ1) is 22.2. The van der Waals surface area contributed by atoms with Gasteiger partial charge in [-0.15, -0.1) is 0 Å². The molecule has 0 aliphatic carbocycles. The predicted molar refractivity (Wildman–Crippen MR) is 109 cm³/mol. The molecule has 158 valence electrons. The van der Waals surface area contributed by atoms with E-state index in [1.165, 1.54) is 6.92 Å². The highest BCUT2D eigenvalue weighted by atomic mass is 16.5. The van der Waals surface area contributed by atoms with Gasteiger partial charge in [0, 0.05) is 37.5 Å². The van der Waals surface area contributed by atoms with E-state index < -0.39 is 6.10 Å². The molecule has 2 aromatic rings. The van der Waals surface area contributed by atoms with Crippen LogP contribution in [0.1, 0.15) is 18.1 Å². The van der Waals surface area contributed by atoms with E-state index in [0.717, 1.165) is 11.1 Å². The molecule has 0 spiro atoms. The first-order valence-electron chi connectivity index (χ1n) is 9.12. The molecule has 0 aliphatic rings. The Hall–Kier alpha value is -3.09. The highest BCUT2D eigenvalue weighted by molar-refractivity contribution is 5.66. The Bertz CT molecular complexity index is 807. The summed E-state index contributed by atoms with van der Waals surface area (Å²) in [6.45, 7) is 1.39. The molecule has 0 aliphatic heterocycles. The molecule has 0 saturated carbocycles. The fourth-order valence-corrected chi connectivity index (χ4v) is 3.17. The van der Waals surface area contributed by atoms with Crippen molar-refractivity contribution in [1.82, 2.24) is 0 Å². The Morgan fingerprint density at radius 3 is 1.83 bits per heavy atom. The van der Waals surface area contributed by atoms with E-state index in [9.17, 15) is 4.79 Å². The standard InChI is InChI=1S/C22H28O7/c1-14(23)29-17(9-15-7-8-19(25-3)22(10-15)28-6)11-18-20(26-4)12-16(24-2)13-21(18)27-5/h7-8,10,12-13,17H,9,11H2,1-6H3/t17-/m1/s1. The van der Waals surface area contributed by atoms with Crippen molar-refractivity contribution in [2.45, 2.75) is 25.9 Å². The van der Waals surface area contributed by atoms with Crippen molar-refractivity contribution in [2.24, 2.45) is 0 Å². The maximum Gasteiger partial charge on any atom is 0.302 e. The molecular formula is C22H28O7. The van der Waals surface area contributed by atoms with Gasteiger partial charge in [0.1, 0.15) is 23.4 Å². The molecule has 0 N–H and O–H groups in total. The first-order valence-corrected chi connectivity index (χ1v) is 9.12. The lowest BCUT2D eigenvalue weighted by Crippen LogP contribution is -2.22. The molecule has 0 amide bonds. The van der Waals surface area contributed by atoms with Crippen LogP contribution in [0.25, 0.3) is 0 Å². The Kier molecular flexibility index (Phi) is 8.00. The average molecular weight is 404 g/mol. The van der Waals surface area contributed by atoms with Crippen molar-refractivity contribution in [3.05, 3.63) is 41.5 Å². The Balaban J connectivity index is 2.36. The summed E-state index contributed by atoms with van der Waals surface area (Å²) in [5.74, 6) is 2.72. The summed E-state index contributed by atoms with van der Waals surface area (Å²) in [5, 5.41) is 0. The average Bonchev–Trinajstić information content (AvgIpc) is 2.72. The van der Waals surface area contributed by atoms with Gasteiger partial charge in [-0.25, -0.2) is 0 Å². The summed E-state index contributed by atoms with van der Waals surface area (Å²) in [4.78, 5) is 11.7. The summed E-state index contributed by atoms with van der Waals surface area (Å²) in [6.07, 6.45) is 0.463. The number of carbonyl (C=O) groups is 1. The van der Waals surface area contributed by atoms with Crippen molar-refractivity contribution >= 4 is 5.97 Å². The highest BCUT2D eigenvalue weighted by Crippen LogP contribution is 2.36. The van der Waals surface area contributed by atoms with Gasteiger partial charge in [-0.2, -0.15) is 0 Å². The molecule has 0 radical (unpaired) electrons. The summed E-state index contributed by atoms with van der Waals surface area (Å²) in [7, 11) is 7.89. The maximum atomic E-state index is 11.7. The Morgan fingerprint density at radius 2 is 1.34 bits per heavy atom. The van der Waals surface area contributed by atoms with Gasteiger partial charge >= 0.3 is 5.97 Å². The van der Waals surface area contributed by atoms with Crippen LogP contribution in [0.2, 0.25) is 0 Å². The molecule has 29 heavy (non-hydrogen) atoms. The van der Waals surface area contributed by atoms with E-state index in [-0.39, 0.29) is 5.97 Å². The fourth-order valence-electron chi connectivity index (χ4n) is 3.17. The lowest BCUT2D eigenvalue weighted by atomic mass is 9.99. The second-order valence-corrected chi connectivity index (χ2v) is 6.34. The van der Waals surface area contributed by atoms with Crippen LogP contribution in [0.15, 0.2) is 30.3 Å². The van der Waals surface area contributed by atoms with Crippen molar-refractivity contribution in [1.29, 1.82) is 0 Å². The molecule has 1 atom stereocenters. The van der Waals surface area contributed by atoms with Crippen LogP contribution in [0.4, 0.5) is 0 Å². The maximum absolute atomic E-state index is 11.7. The van der Waals surface area contributed by atoms with Gasteiger partial charge in [-0.05, 0) is 17.7 Å². The molecule has 7 nitrogen and oxygen atoms in total. The summed E-state index contributed by atoms with van der Waals surface area (Å²) in [6, 6.07) is 9.17. The van der Waals surface area contributed by atoms with Crippen LogP contribution < -0.4 is 23.7 Å². The van der Waals surface area contributed by atoms with E-state index in [0.29, 0.717) is 41.6 Å². The zero-order chi connectivity index (χ0) is 21.4. The van der Waals surface area contributed by atoms with Gasteiger partial charge in [0.05, 0.1) is 35.5 Å². The second kappa shape index (κ2) is 10.5. The van der Waals surface area contributed by atoms with Crippen molar-refractivity contribution in [3.63, 3.8) is 0 Å². The quantitative estimate of drug-likeness (QED) is 0.562. The van der Waals surface area contributed by atoms with Gasteiger partial charge < -0.3 is 28.4 Å². The van der Waals surface area contributed by atoms with Crippen LogP contribution in [0, 0.1) is 0 Å². The van der Waals surface area contributed by atoms with Crippen LogP contribution in [0.3, 0.4) is 0 Å². The molecule has 2 rings (SSSR count). The van der Waals surface area contributed by atoms with Crippen molar-refractivity contribution in [3.8, 4) is 28.7 Å². The molecule has 0 bridgehead atoms. The zero-order valence-corrected chi connectivity index (χ0v) is 17.7. The molecule has 0 saturated heterocycles. The molecule has 2 aromatic carbocycles. The van der Waals surface area contributed by atoms with E-state index in [4.69, 9.17) is 28.4 Å². The number of rotatable bonds is 10. The SMILES string of the molecule is COc1cc(OC)c(C[C@@H](Cc2ccc(OC)c(OC)c2)OC(C)=O)c(OC)c1. The number of benzene rings is 2. The smallest absolute Gasteiger partial charge is 0.302 e. The highest BCUT2D eigenvalue weighted by Gasteiger charge is 2.21. The minimum atomic E-state index is -0.429. The van der Waals surface area contributed by atoms with Crippen molar-refractivity contribution < 1.29 is 33.2 Å². The normalized spacial score (nSPS) is 11.4. The van der Waals surface area contributed by atoms with E-state index in [2.05, 4.69) is 0 Å². The largest absolute Gasteiger partial charge is 0.496 e. The molecule has 0 unspecified atom stereocenters. The number of methoxy groups -OCH3 is 5. The number of ether oxygens (including phenoxy) is 6. The summed E-state index contributed by atoms with van der Waals surface area (Å²) in [5.41, 5.74) is 1.74. The Labute approximate surface area is 171 Å². The minimum Gasteiger partial charge on any atom is -0.496 e. The second-order valence-electron chi connectivity index (χ2n) is 6.34. The number of carbonyl (C=O) groups excluding carboxylic acids is 1. The summed E-state index contributed by atoms with van der Waals surface area (Å²) < 4.78 is 32.6. The number of hydrogen-bond acceptors (Lipinski definition) is 7. The van der Waals surface area contributed by atoms with Gasteiger partial charge in [-0.1, -0.05) is 6.07 Å². The lowest BCUT2D eigenvalue weighted by Gasteiger charge is -2.21. The fraction of sp³-hybridized carbons (Fsp3) is 0.409. The van der Waals surface area contributed by atoms with Crippen molar-refractivity contribution in [2.75, 3.05) is 35.5 Å². The van der Waals surface area contributed by atoms with Gasteiger partial charge in [0.25, 0.3) is 0 Å². The topological polar surface area (TPSA) is 72.5 Å². The van der Waals surface area contributed by atoms with Gasteiger partial charge in [0.15, 0.2) is 11.5 Å².